The molecule has 4 aromatic rings. The number of pyridine rings is 1. The summed E-state index contributed by atoms with van der Waals surface area (Å²) in [5.74, 6) is 0. The second-order valence-electron chi connectivity index (χ2n) is 8.13. The minimum Gasteiger partial charge on any atom is -0.346 e. The van der Waals surface area contributed by atoms with Crippen molar-refractivity contribution in [3.8, 4) is 17.2 Å². The number of hydrogen-bond donors (Lipinski definition) is 1. The molecule has 0 amide bonds. The van der Waals surface area contributed by atoms with E-state index in [2.05, 4.69) is 36.8 Å². The lowest BCUT2D eigenvalue weighted by Crippen LogP contribution is -2.27. The predicted molar refractivity (Wildman–Crippen MR) is 106 cm³/mol. The van der Waals surface area contributed by atoms with Gasteiger partial charge in [0.1, 0.15) is 11.7 Å². The molecule has 27 heavy (non-hydrogen) atoms. The Kier molecular flexibility index (Phi) is 3.70. The number of H-pyrrole nitrogens is 1. The van der Waals surface area contributed by atoms with Crippen molar-refractivity contribution in [3.63, 3.8) is 0 Å². The summed E-state index contributed by atoms with van der Waals surface area (Å²) in [7, 11) is 1.80. The van der Waals surface area contributed by atoms with Crippen LogP contribution in [0.15, 0.2) is 41.5 Å². The van der Waals surface area contributed by atoms with Gasteiger partial charge in [0.2, 0.25) is 0 Å². The molecule has 0 aliphatic heterocycles. The second kappa shape index (κ2) is 5.85. The number of benzene rings is 1. The van der Waals surface area contributed by atoms with Gasteiger partial charge in [-0.2, -0.15) is 5.26 Å². The highest BCUT2D eigenvalue weighted by Crippen LogP contribution is 2.31. The smallest absolute Gasteiger partial charge is 0.328 e. The minimum atomic E-state index is -0.00978. The van der Waals surface area contributed by atoms with Crippen molar-refractivity contribution in [1.29, 1.82) is 5.26 Å². The number of nitrogens with one attached hydrogen (secondary N) is 1. The molecule has 0 saturated carbocycles. The molecule has 3 heterocycles. The van der Waals surface area contributed by atoms with Gasteiger partial charge in [0.15, 0.2) is 0 Å². The molecule has 0 atom stereocenters. The van der Waals surface area contributed by atoms with Gasteiger partial charge in [-0.15, -0.1) is 0 Å². The fourth-order valence-corrected chi connectivity index (χ4v) is 3.51. The van der Waals surface area contributed by atoms with Crippen molar-refractivity contribution in [3.05, 3.63) is 52.7 Å². The van der Waals surface area contributed by atoms with E-state index in [1.807, 2.05) is 35.0 Å². The van der Waals surface area contributed by atoms with Gasteiger partial charge in [-0.1, -0.05) is 26.8 Å². The van der Waals surface area contributed by atoms with E-state index in [-0.39, 0.29) is 11.1 Å². The molecule has 0 aliphatic carbocycles. The Morgan fingerprint density at radius 1 is 1.22 bits per heavy atom. The molecular formula is C21H21N5O. The molecule has 136 valence electrons. The van der Waals surface area contributed by atoms with Crippen molar-refractivity contribution in [2.75, 3.05) is 0 Å². The lowest BCUT2D eigenvalue weighted by atomic mass is 9.97. The molecule has 0 saturated heterocycles. The van der Waals surface area contributed by atoms with E-state index in [0.29, 0.717) is 12.1 Å². The van der Waals surface area contributed by atoms with E-state index in [0.717, 1.165) is 33.2 Å². The first-order chi connectivity index (χ1) is 12.8. The van der Waals surface area contributed by atoms with Gasteiger partial charge in [0.25, 0.3) is 0 Å². The predicted octanol–water partition coefficient (Wildman–Crippen LogP) is 3.80. The standard InChI is InChI=1S/C21H21N5O/c1-21(2,3)12-26-17-6-5-14(8-18(17)25(4)20(26)27)16-11-24-19-15(16)7-13(9-22)10-23-19/h5-8,10-11H,12H2,1-4H3,(H,23,24). The number of aryl methyl sites for hydroxylation is 1. The largest absolute Gasteiger partial charge is 0.346 e. The Hall–Kier alpha value is -3.33. The number of aromatic nitrogens is 4. The molecule has 6 heteroatoms. The maximum Gasteiger partial charge on any atom is 0.328 e. The minimum absolute atomic E-state index is 0.00693. The summed E-state index contributed by atoms with van der Waals surface area (Å²) in [6, 6.07) is 10.0. The van der Waals surface area contributed by atoms with Crippen LogP contribution < -0.4 is 5.69 Å². The zero-order valence-corrected chi connectivity index (χ0v) is 15.9. The van der Waals surface area contributed by atoms with E-state index in [4.69, 9.17) is 5.26 Å². The fraction of sp³-hybridized carbons (Fsp3) is 0.286. The van der Waals surface area contributed by atoms with Crippen LogP contribution in [0.3, 0.4) is 0 Å². The Morgan fingerprint density at radius 3 is 2.70 bits per heavy atom. The lowest BCUT2D eigenvalue weighted by molar-refractivity contribution is 0.342. The Bertz CT molecular complexity index is 1270. The van der Waals surface area contributed by atoms with Gasteiger partial charge < -0.3 is 4.98 Å². The van der Waals surface area contributed by atoms with Crippen molar-refractivity contribution in [2.24, 2.45) is 12.5 Å². The molecule has 0 radical (unpaired) electrons. The van der Waals surface area contributed by atoms with Gasteiger partial charge in [0.05, 0.1) is 16.6 Å². The molecule has 0 aliphatic rings. The molecule has 3 aromatic heterocycles. The van der Waals surface area contributed by atoms with Crippen LogP contribution in [-0.2, 0) is 13.6 Å². The summed E-state index contributed by atoms with van der Waals surface area (Å²) < 4.78 is 3.53. The van der Waals surface area contributed by atoms with E-state index in [1.54, 1.807) is 17.8 Å². The number of nitrogens with zero attached hydrogens (tertiary/aromatic N) is 4. The first-order valence-electron chi connectivity index (χ1n) is 8.85. The van der Waals surface area contributed by atoms with Gasteiger partial charge in [-0.25, -0.2) is 9.78 Å². The highest BCUT2D eigenvalue weighted by molar-refractivity contribution is 5.96. The van der Waals surface area contributed by atoms with Crippen LogP contribution in [0.4, 0.5) is 0 Å². The lowest BCUT2D eigenvalue weighted by Gasteiger charge is -2.18. The number of imidazole rings is 1. The maximum absolute atomic E-state index is 12.7. The zero-order chi connectivity index (χ0) is 19.3. The summed E-state index contributed by atoms with van der Waals surface area (Å²) in [6.07, 6.45) is 3.45. The molecule has 0 spiro atoms. The Labute approximate surface area is 156 Å². The normalized spacial score (nSPS) is 12.0. The third kappa shape index (κ3) is 2.81. The third-order valence-corrected chi connectivity index (χ3v) is 4.75. The number of hydrogen-bond acceptors (Lipinski definition) is 3. The van der Waals surface area contributed by atoms with Crippen molar-refractivity contribution in [2.45, 2.75) is 27.3 Å². The van der Waals surface area contributed by atoms with Crippen LogP contribution in [-0.4, -0.2) is 19.1 Å². The molecular weight excluding hydrogens is 338 g/mol. The first-order valence-corrected chi connectivity index (χ1v) is 8.85. The van der Waals surface area contributed by atoms with Crippen LogP contribution in [0.2, 0.25) is 0 Å². The average Bonchev–Trinajstić information content (AvgIpc) is 3.15. The van der Waals surface area contributed by atoms with Crippen LogP contribution in [0.5, 0.6) is 0 Å². The summed E-state index contributed by atoms with van der Waals surface area (Å²) >= 11 is 0. The summed E-state index contributed by atoms with van der Waals surface area (Å²) in [4.78, 5) is 20.2. The fourth-order valence-electron chi connectivity index (χ4n) is 3.51. The van der Waals surface area contributed by atoms with Gasteiger partial charge in [-0.3, -0.25) is 9.13 Å². The number of fused-ring (bicyclic) bond motifs is 2. The SMILES string of the molecule is Cn1c(=O)n(CC(C)(C)C)c2ccc(-c3c[nH]c4ncc(C#N)cc34)cc21. The molecule has 6 nitrogen and oxygen atoms in total. The number of aromatic amines is 1. The summed E-state index contributed by atoms with van der Waals surface area (Å²) in [5, 5.41) is 10.1. The average molecular weight is 359 g/mol. The van der Waals surface area contributed by atoms with Crippen molar-refractivity contribution < 1.29 is 0 Å². The first kappa shape index (κ1) is 17.1. The number of nitriles is 1. The molecule has 0 bridgehead atoms. The van der Waals surface area contributed by atoms with Gasteiger partial charge in [0, 0.05) is 36.9 Å². The van der Waals surface area contributed by atoms with Crippen LogP contribution in [0.1, 0.15) is 26.3 Å². The van der Waals surface area contributed by atoms with Gasteiger partial charge >= 0.3 is 5.69 Å². The van der Waals surface area contributed by atoms with Crippen molar-refractivity contribution >= 4 is 22.1 Å². The zero-order valence-electron chi connectivity index (χ0n) is 15.9. The van der Waals surface area contributed by atoms with Crippen LogP contribution in [0, 0.1) is 16.7 Å². The quantitative estimate of drug-likeness (QED) is 0.591. The van der Waals surface area contributed by atoms with E-state index in [9.17, 15) is 4.79 Å². The summed E-state index contributed by atoms with van der Waals surface area (Å²) in [6.45, 7) is 7.03. The van der Waals surface area contributed by atoms with E-state index >= 15 is 0 Å². The van der Waals surface area contributed by atoms with Crippen LogP contribution in [0.25, 0.3) is 33.2 Å². The second-order valence-corrected chi connectivity index (χ2v) is 8.13. The molecule has 1 aromatic carbocycles. The van der Waals surface area contributed by atoms with Gasteiger partial charge in [-0.05, 0) is 29.2 Å². The highest BCUT2D eigenvalue weighted by atomic mass is 16.1. The topological polar surface area (TPSA) is 79.4 Å². The summed E-state index contributed by atoms with van der Waals surface area (Å²) in [5.41, 5.74) is 5.02. The van der Waals surface area contributed by atoms with E-state index in [1.165, 1.54) is 0 Å². The van der Waals surface area contributed by atoms with Crippen molar-refractivity contribution in [1.82, 2.24) is 19.1 Å². The Balaban J connectivity index is 1.92. The van der Waals surface area contributed by atoms with E-state index < -0.39 is 0 Å². The molecule has 0 fully saturated rings. The monoisotopic (exact) mass is 359 g/mol. The highest BCUT2D eigenvalue weighted by Gasteiger charge is 2.18. The molecule has 4 rings (SSSR count). The molecule has 1 N–H and O–H groups in total. The maximum atomic E-state index is 12.7. The third-order valence-electron chi connectivity index (χ3n) is 4.75. The molecule has 0 unspecified atom stereocenters. The number of rotatable bonds is 2. The van der Waals surface area contributed by atoms with Crippen LogP contribution >= 0.6 is 0 Å². The Morgan fingerprint density at radius 2 is 2.00 bits per heavy atom.